The van der Waals surface area contributed by atoms with Crippen molar-refractivity contribution in [2.24, 2.45) is 17.6 Å². The predicted octanol–water partition coefficient (Wildman–Crippen LogP) is 2.87. The van der Waals surface area contributed by atoms with Gasteiger partial charge in [-0.25, -0.2) is 0 Å². The lowest BCUT2D eigenvalue weighted by atomic mass is 9.89. The van der Waals surface area contributed by atoms with E-state index in [0.29, 0.717) is 6.54 Å². The normalized spacial score (nSPS) is 19.1. The summed E-state index contributed by atoms with van der Waals surface area (Å²) in [7, 11) is 0. The fraction of sp³-hybridized carbons (Fsp3) is 0.929. The molecular weight excluding hydrogens is 248 g/mol. The summed E-state index contributed by atoms with van der Waals surface area (Å²) in [6.07, 6.45) is 8.52. The SMILES string of the molecule is CCCC(CC1CCCC1)C(=O)N[C@@H](C)CN.Cl. The molecule has 108 valence electrons. The molecule has 1 aliphatic rings. The highest BCUT2D eigenvalue weighted by Crippen LogP contribution is 2.31. The number of amides is 1. The highest BCUT2D eigenvalue weighted by Gasteiger charge is 2.24. The van der Waals surface area contributed by atoms with Crippen molar-refractivity contribution in [1.29, 1.82) is 0 Å². The topological polar surface area (TPSA) is 55.1 Å². The molecule has 3 nitrogen and oxygen atoms in total. The van der Waals surface area contributed by atoms with Crippen LogP contribution >= 0.6 is 12.4 Å². The van der Waals surface area contributed by atoms with Crippen LogP contribution in [0.3, 0.4) is 0 Å². The Bertz CT molecular complexity index is 230. The summed E-state index contributed by atoms with van der Waals surface area (Å²) in [6.45, 7) is 4.64. The second-order valence-electron chi connectivity index (χ2n) is 5.52. The fourth-order valence-corrected chi connectivity index (χ4v) is 2.77. The summed E-state index contributed by atoms with van der Waals surface area (Å²) in [5.41, 5.74) is 5.54. The minimum absolute atomic E-state index is 0. The second-order valence-corrected chi connectivity index (χ2v) is 5.52. The van der Waals surface area contributed by atoms with Crippen LogP contribution in [0.2, 0.25) is 0 Å². The molecule has 0 bridgehead atoms. The van der Waals surface area contributed by atoms with Gasteiger partial charge in [0.15, 0.2) is 0 Å². The molecule has 0 heterocycles. The van der Waals surface area contributed by atoms with E-state index in [0.717, 1.165) is 25.2 Å². The Balaban J connectivity index is 0.00000289. The van der Waals surface area contributed by atoms with E-state index in [1.807, 2.05) is 6.92 Å². The average molecular weight is 277 g/mol. The first-order chi connectivity index (χ1) is 8.17. The highest BCUT2D eigenvalue weighted by molar-refractivity contribution is 5.85. The van der Waals surface area contributed by atoms with E-state index in [1.54, 1.807) is 0 Å². The maximum atomic E-state index is 12.1. The third kappa shape index (κ3) is 6.05. The van der Waals surface area contributed by atoms with E-state index < -0.39 is 0 Å². The summed E-state index contributed by atoms with van der Waals surface area (Å²) >= 11 is 0. The molecule has 0 saturated heterocycles. The first-order valence-electron chi connectivity index (χ1n) is 7.17. The molecule has 1 fully saturated rings. The van der Waals surface area contributed by atoms with E-state index in [1.165, 1.54) is 25.7 Å². The molecular formula is C14H29ClN2O. The van der Waals surface area contributed by atoms with Gasteiger partial charge in [-0.3, -0.25) is 4.79 Å². The summed E-state index contributed by atoms with van der Waals surface area (Å²) < 4.78 is 0. The van der Waals surface area contributed by atoms with E-state index in [4.69, 9.17) is 5.73 Å². The van der Waals surface area contributed by atoms with Gasteiger partial charge in [-0.05, 0) is 25.7 Å². The van der Waals surface area contributed by atoms with Crippen molar-refractivity contribution >= 4 is 18.3 Å². The maximum absolute atomic E-state index is 12.1. The van der Waals surface area contributed by atoms with Gasteiger partial charge in [-0.2, -0.15) is 0 Å². The Kier molecular flexibility index (Phi) is 9.47. The third-order valence-corrected chi connectivity index (χ3v) is 3.84. The zero-order valence-electron chi connectivity index (χ0n) is 11.8. The van der Waals surface area contributed by atoms with E-state index in [2.05, 4.69) is 12.2 Å². The van der Waals surface area contributed by atoms with Crippen LogP contribution in [0.15, 0.2) is 0 Å². The number of rotatable bonds is 7. The van der Waals surface area contributed by atoms with E-state index >= 15 is 0 Å². The van der Waals surface area contributed by atoms with Gasteiger partial charge in [0.2, 0.25) is 5.91 Å². The van der Waals surface area contributed by atoms with Gasteiger partial charge >= 0.3 is 0 Å². The Hall–Kier alpha value is -0.280. The van der Waals surface area contributed by atoms with Crippen molar-refractivity contribution < 1.29 is 4.79 Å². The standard InChI is InChI=1S/C14H28N2O.ClH/c1-3-6-13(9-12-7-4-5-8-12)14(17)16-11(2)10-15;/h11-13H,3-10,15H2,1-2H3,(H,16,17);1H/t11-,13?;/m0./s1. The van der Waals surface area contributed by atoms with Crippen LogP contribution in [0.1, 0.15) is 58.8 Å². The monoisotopic (exact) mass is 276 g/mol. The Morgan fingerprint density at radius 1 is 1.39 bits per heavy atom. The third-order valence-electron chi connectivity index (χ3n) is 3.84. The zero-order valence-corrected chi connectivity index (χ0v) is 12.6. The lowest BCUT2D eigenvalue weighted by Crippen LogP contribution is -2.41. The van der Waals surface area contributed by atoms with Crippen LogP contribution in [0.25, 0.3) is 0 Å². The predicted molar refractivity (Wildman–Crippen MR) is 78.9 cm³/mol. The Morgan fingerprint density at radius 2 is 2.00 bits per heavy atom. The quantitative estimate of drug-likeness (QED) is 0.751. The van der Waals surface area contributed by atoms with Crippen molar-refractivity contribution in [1.82, 2.24) is 5.32 Å². The largest absolute Gasteiger partial charge is 0.352 e. The van der Waals surface area contributed by atoms with Crippen molar-refractivity contribution in [3.8, 4) is 0 Å². The molecule has 0 aromatic heterocycles. The number of nitrogens with two attached hydrogens (primary N) is 1. The summed E-state index contributed by atoms with van der Waals surface area (Å²) in [5.74, 6) is 1.21. The van der Waals surface area contributed by atoms with Gasteiger partial charge in [0, 0.05) is 18.5 Å². The molecule has 0 aromatic carbocycles. The van der Waals surface area contributed by atoms with Gasteiger partial charge in [0.1, 0.15) is 0 Å². The number of carbonyl (C=O) groups excluding carboxylic acids is 1. The van der Waals surface area contributed by atoms with Gasteiger partial charge in [-0.1, -0.05) is 39.0 Å². The molecule has 1 amide bonds. The van der Waals surface area contributed by atoms with Gasteiger partial charge in [0.05, 0.1) is 0 Å². The first kappa shape index (κ1) is 17.7. The molecule has 4 heteroatoms. The molecule has 1 saturated carbocycles. The van der Waals surface area contributed by atoms with Crippen LogP contribution in [0.4, 0.5) is 0 Å². The summed E-state index contributed by atoms with van der Waals surface area (Å²) in [6, 6.07) is 0.102. The van der Waals surface area contributed by atoms with Crippen molar-refractivity contribution in [2.75, 3.05) is 6.54 Å². The molecule has 3 N–H and O–H groups in total. The van der Waals surface area contributed by atoms with E-state index in [-0.39, 0.29) is 30.3 Å². The number of hydrogen-bond acceptors (Lipinski definition) is 2. The van der Waals surface area contributed by atoms with Crippen LogP contribution in [0.5, 0.6) is 0 Å². The van der Waals surface area contributed by atoms with Crippen molar-refractivity contribution in [3.63, 3.8) is 0 Å². The average Bonchev–Trinajstić information content (AvgIpc) is 2.81. The number of halogens is 1. The summed E-state index contributed by atoms with van der Waals surface area (Å²) in [4.78, 5) is 12.1. The highest BCUT2D eigenvalue weighted by atomic mass is 35.5. The van der Waals surface area contributed by atoms with Crippen LogP contribution in [0, 0.1) is 11.8 Å². The number of hydrogen-bond donors (Lipinski definition) is 2. The first-order valence-corrected chi connectivity index (χ1v) is 7.17. The fourth-order valence-electron chi connectivity index (χ4n) is 2.77. The molecule has 1 unspecified atom stereocenters. The molecule has 1 rings (SSSR count). The molecule has 2 atom stereocenters. The molecule has 0 radical (unpaired) electrons. The van der Waals surface area contributed by atoms with Crippen LogP contribution < -0.4 is 11.1 Å². The van der Waals surface area contributed by atoms with Crippen LogP contribution in [-0.4, -0.2) is 18.5 Å². The molecule has 0 spiro atoms. The van der Waals surface area contributed by atoms with Gasteiger partial charge in [-0.15, -0.1) is 12.4 Å². The van der Waals surface area contributed by atoms with Gasteiger partial charge < -0.3 is 11.1 Å². The molecule has 18 heavy (non-hydrogen) atoms. The molecule has 0 aromatic rings. The zero-order chi connectivity index (χ0) is 12.7. The molecule has 1 aliphatic carbocycles. The lowest BCUT2D eigenvalue weighted by Gasteiger charge is -2.21. The number of carbonyl (C=O) groups is 1. The smallest absolute Gasteiger partial charge is 0.223 e. The maximum Gasteiger partial charge on any atom is 0.223 e. The van der Waals surface area contributed by atoms with Crippen LogP contribution in [-0.2, 0) is 4.79 Å². The minimum atomic E-state index is 0. The Morgan fingerprint density at radius 3 is 2.50 bits per heavy atom. The number of nitrogens with one attached hydrogen (secondary N) is 1. The Labute approximate surface area is 118 Å². The van der Waals surface area contributed by atoms with E-state index in [9.17, 15) is 4.79 Å². The van der Waals surface area contributed by atoms with Crippen molar-refractivity contribution in [3.05, 3.63) is 0 Å². The minimum Gasteiger partial charge on any atom is -0.352 e. The molecule has 0 aliphatic heterocycles. The van der Waals surface area contributed by atoms with Gasteiger partial charge in [0.25, 0.3) is 0 Å². The summed E-state index contributed by atoms with van der Waals surface area (Å²) in [5, 5.41) is 3.02. The lowest BCUT2D eigenvalue weighted by molar-refractivity contribution is -0.126. The second kappa shape index (κ2) is 9.62. The van der Waals surface area contributed by atoms with Crippen molar-refractivity contribution in [2.45, 2.75) is 64.8 Å².